The van der Waals surface area contributed by atoms with Gasteiger partial charge in [0.15, 0.2) is 11.6 Å². The topological polar surface area (TPSA) is 48.4 Å². The van der Waals surface area contributed by atoms with Crippen LogP contribution in [0.5, 0.6) is 0 Å². The van der Waals surface area contributed by atoms with Crippen molar-refractivity contribution in [3.05, 3.63) is 0 Å². The normalized spacial score (nSPS) is 22.6. The van der Waals surface area contributed by atoms with E-state index in [4.69, 9.17) is 0 Å². The summed E-state index contributed by atoms with van der Waals surface area (Å²) in [5, 5.41) is 13.0. The third kappa shape index (κ3) is 2.40. The highest BCUT2D eigenvalue weighted by Crippen LogP contribution is 2.38. The third-order valence-corrected chi connectivity index (χ3v) is 4.94. The van der Waals surface area contributed by atoms with Crippen molar-refractivity contribution in [3.63, 3.8) is 0 Å². The lowest BCUT2D eigenvalue weighted by Gasteiger charge is -2.29. The number of hydrogen-bond donors (Lipinski definition) is 0. The molecule has 0 radical (unpaired) electrons. The molecule has 3 saturated heterocycles. The van der Waals surface area contributed by atoms with Crippen LogP contribution < -0.4 is 14.7 Å². The van der Waals surface area contributed by atoms with Gasteiger partial charge in [-0.3, -0.25) is 0 Å². The number of anilines is 3. The van der Waals surface area contributed by atoms with Gasteiger partial charge in [0.05, 0.1) is 0 Å². The molecule has 3 aliphatic heterocycles. The molecule has 4 rings (SSSR count). The van der Waals surface area contributed by atoms with Crippen molar-refractivity contribution >= 4 is 17.3 Å². The van der Waals surface area contributed by atoms with Gasteiger partial charge in [0.2, 0.25) is 0 Å². The zero-order chi connectivity index (χ0) is 14.1. The van der Waals surface area contributed by atoms with Gasteiger partial charge in [-0.1, -0.05) is 0 Å². The highest BCUT2D eigenvalue weighted by atomic mass is 15.4. The van der Waals surface area contributed by atoms with Gasteiger partial charge in [-0.15, -0.1) is 10.2 Å². The quantitative estimate of drug-likeness (QED) is 0.843. The van der Waals surface area contributed by atoms with Crippen LogP contribution in [0.25, 0.3) is 0 Å². The molecule has 0 aromatic carbocycles. The molecule has 3 aliphatic rings. The molecule has 0 atom stereocenters. The molecule has 6 heteroatoms. The SMILES string of the molecule is C1CCN(c2nnnc(N3CCCC3)c2N2CCCC2)C1. The maximum absolute atomic E-state index is 4.43. The second-order valence-electron chi connectivity index (χ2n) is 6.37. The van der Waals surface area contributed by atoms with E-state index in [1.807, 2.05) is 0 Å². The highest BCUT2D eigenvalue weighted by Gasteiger charge is 2.29. The zero-order valence-electron chi connectivity index (χ0n) is 12.7. The summed E-state index contributed by atoms with van der Waals surface area (Å²) in [6, 6.07) is 0. The molecule has 0 saturated carbocycles. The first-order valence-corrected chi connectivity index (χ1v) is 8.42. The summed E-state index contributed by atoms with van der Waals surface area (Å²) in [6.07, 6.45) is 7.62. The molecule has 3 fully saturated rings. The summed E-state index contributed by atoms with van der Waals surface area (Å²) < 4.78 is 0. The Hall–Kier alpha value is -1.59. The predicted octanol–water partition coefficient (Wildman–Crippen LogP) is 1.67. The van der Waals surface area contributed by atoms with Crippen LogP contribution in [-0.4, -0.2) is 54.7 Å². The van der Waals surface area contributed by atoms with E-state index >= 15 is 0 Å². The molecule has 6 nitrogen and oxygen atoms in total. The molecular formula is C15H24N6. The standard InChI is InChI=1S/C15H24N6/c1-2-8-19(7-1)13-14(20-9-3-4-10-20)16-18-17-15(13)21-11-5-6-12-21/h1-12H2. The molecule has 0 amide bonds. The summed E-state index contributed by atoms with van der Waals surface area (Å²) >= 11 is 0. The fourth-order valence-corrected chi connectivity index (χ4v) is 3.81. The van der Waals surface area contributed by atoms with Crippen LogP contribution >= 0.6 is 0 Å². The fraction of sp³-hybridized carbons (Fsp3) is 0.800. The molecule has 4 heterocycles. The van der Waals surface area contributed by atoms with Crippen LogP contribution in [0.3, 0.4) is 0 Å². The third-order valence-electron chi connectivity index (χ3n) is 4.94. The first kappa shape index (κ1) is 13.1. The molecule has 0 unspecified atom stereocenters. The minimum Gasteiger partial charge on any atom is -0.365 e. The van der Waals surface area contributed by atoms with Gasteiger partial charge < -0.3 is 14.7 Å². The van der Waals surface area contributed by atoms with E-state index in [2.05, 4.69) is 30.1 Å². The predicted molar refractivity (Wildman–Crippen MR) is 84.2 cm³/mol. The molecule has 21 heavy (non-hydrogen) atoms. The highest BCUT2D eigenvalue weighted by molar-refractivity contribution is 5.79. The number of aromatic nitrogens is 3. The second-order valence-corrected chi connectivity index (χ2v) is 6.37. The van der Waals surface area contributed by atoms with Gasteiger partial charge in [-0.25, -0.2) is 0 Å². The van der Waals surface area contributed by atoms with Crippen molar-refractivity contribution in [2.24, 2.45) is 0 Å². The van der Waals surface area contributed by atoms with E-state index in [1.54, 1.807) is 0 Å². The van der Waals surface area contributed by atoms with Crippen LogP contribution in [0.15, 0.2) is 0 Å². The molecule has 0 N–H and O–H groups in total. The van der Waals surface area contributed by atoms with Crippen LogP contribution in [0.4, 0.5) is 17.3 Å². The van der Waals surface area contributed by atoms with E-state index in [0.29, 0.717) is 0 Å². The first-order chi connectivity index (χ1) is 10.4. The molecule has 114 valence electrons. The number of nitrogens with zero attached hydrogens (tertiary/aromatic N) is 6. The van der Waals surface area contributed by atoms with Gasteiger partial charge in [-0.05, 0) is 43.7 Å². The van der Waals surface area contributed by atoms with E-state index < -0.39 is 0 Å². The number of hydrogen-bond acceptors (Lipinski definition) is 6. The summed E-state index contributed by atoms with van der Waals surface area (Å²) in [6.45, 7) is 6.71. The Balaban J connectivity index is 1.75. The minimum atomic E-state index is 1.08. The van der Waals surface area contributed by atoms with Crippen molar-refractivity contribution in [1.82, 2.24) is 15.4 Å². The Labute approximate surface area is 126 Å². The Bertz CT molecular complexity index is 453. The summed E-state index contributed by atoms with van der Waals surface area (Å²) in [4.78, 5) is 7.30. The van der Waals surface area contributed by atoms with Crippen molar-refractivity contribution < 1.29 is 0 Å². The molecule has 1 aromatic rings. The summed E-state index contributed by atoms with van der Waals surface area (Å²) in [5.74, 6) is 2.15. The monoisotopic (exact) mass is 288 g/mol. The molecule has 1 aromatic heterocycles. The number of rotatable bonds is 3. The van der Waals surface area contributed by atoms with E-state index in [-0.39, 0.29) is 0 Å². The van der Waals surface area contributed by atoms with Crippen LogP contribution in [0, 0.1) is 0 Å². The van der Waals surface area contributed by atoms with Crippen molar-refractivity contribution in [2.75, 3.05) is 54.0 Å². The Kier molecular flexibility index (Phi) is 3.53. The molecule has 0 aliphatic carbocycles. The van der Waals surface area contributed by atoms with E-state index in [1.165, 1.54) is 44.2 Å². The van der Waals surface area contributed by atoms with Gasteiger partial charge >= 0.3 is 0 Å². The van der Waals surface area contributed by atoms with Crippen LogP contribution in [0.2, 0.25) is 0 Å². The van der Waals surface area contributed by atoms with Gasteiger partial charge in [-0.2, -0.15) is 0 Å². The van der Waals surface area contributed by atoms with Crippen molar-refractivity contribution in [3.8, 4) is 0 Å². The van der Waals surface area contributed by atoms with Gasteiger partial charge in [0.1, 0.15) is 5.69 Å². The van der Waals surface area contributed by atoms with Gasteiger partial charge in [0, 0.05) is 39.3 Å². The molecule has 0 bridgehead atoms. The second kappa shape index (κ2) is 5.66. The average Bonchev–Trinajstić information content (AvgIpc) is 3.28. The van der Waals surface area contributed by atoms with E-state index in [9.17, 15) is 0 Å². The maximum atomic E-state index is 4.43. The summed E-state index contributed by atoms with van der Waals surface area (Å²) in [5.41, 5.74) is 1.26. The van der Waals surface area contributed by atoms with Gasteiger partial charge in [0.25, 0.3) is 0 Å². The average molecular weight is 288 g/mol. The lowest BCUT2D eigenvalue weighted by Crippen LogP contribution is -2.30. The smallest absolute Gasteiger partial charge is 0.180 e. The van der Waals surface area contributed by atoms with Crippen LogP contribution in [-0.2, 0) is 0 Å². The van der Waals surface area contributed by atoms with Crippen molar-refractivity contribution in [2.45, 2.75) is 38.5 Å². The summed E-state index contributed by atoms with van der Waals surface area (Å²) in [7, 11) is 0. The maximum Gasteiger partial charge on any atom is 0.180 e. The fourth-order valence-electron chi connectivity index (χ4n) is 3.81. The Morgan fingerprint density at radius 1 is 0.524 bits per heavy atom. The van der Waals surface area contributed by atoms with Crippen LogP contribution in [0.1, 0.15) is 38.5 Å². The lowest BCUT2D eigenvalue weighted by molar-refractivity contribution is 0.780. The molecule has 0 spiro atoms. The molecular weight excluding hydrogens is 264 g/mol. The Morgan fingerprint density at radius 3 is 1.33 bits per heavy atom. The lowest BCUT2D eigenvalue weighted by atomic mass is 10.3. The Morgan fingerprint density at radius 2 is 0.905 bits per heavy atom. The zero-order valence-corrected chi connectivity index (χ0v) is 12.7. The largest absolute Gasteiger partial charge is 0.365 e. The minimum absolute atomic E-state index is 1.08. The van der Waals surface area contributed by atoms with Crippen molar-refractivity contribution in [1.29, 1.82) is 0 Å². The van der Waals surface area contributed by atoms with E-state index in [0.717, 1.165) is 50.9 Å². The first-order valence-electron chi connectivity index (χ1n) is 8.42.